The average molecular weight is 428 g/mol. The molecule has 2 N–H and O–H groups in total. The first-order chi connectivity index (χ1) is 13.9. The summed E-state index contributed by atoms with van der Waals surface area (Å²) >= 11 is 0. The van der Waals surface area contributed by atoms with Crippen molar-refractivity contribution in [1.82, 2.24) is 9.29 Å². The van der Waals surface area contributed by atoms with Crippen molar-refractivity contribution in [3.8, 4) is 5.75 Å². The third-order valence-electron chi connectivity index (χ3n) is 4.88. The summed E-state index contributed by atoms with van der Waals surface area (Å²) in [6, 6.07) is 8.63. The molecule has 0 aliphatic carbocycles. The number of ether oxygens (including phenoxy) is 1. The number of nitrogen functional groups attached to an aromatic ring is 1. The quantitative estimate of drug-likeness (QED) is 0.777. The van der Waals surface area contributed by atoms with Crippen LogP contribution in [0.5, 0.6) is 5.75 Å². The predicted molar refractivity (Wildman–Crippen MR) is 119 cm³/mol. The summed E-state index contributed by atoms with van der Waals surface area (Å²) in [5.74, 6) is 0.818. The Labute approximate surface area is 179 Å². The number of anilines is 1. The molecule has 1 aliphatic heterocycles. The van der Waals surface area contributed by atoms with E-state index >= 15 is 0 Å². The van der Waals surface area contributed by atoms with Crippen LogP contribution in [0.1, 0.15) is 37.5 Å². The molecule has 0 bridgehead atoms. The average Bonchev–Trinajstić information content (AvgIpc) is 2.63. The Morgan fingerprint density at radius 1 is 1.10 bits per heavy atom. The van der Waals surface area contributed by atoms with E-state index in [4.69, 9.17) is 10.5 Å². The van der Waals surface area contributed by atoms with E-state index in [0.717, 1.165) is 16.7 Å². The van der Waals surface area contributed by atoms with Gasteiger partial charge in [-0.15, -0.1) is 0 Å². The molecule has 0 radical (unpaired) electrons. The number of sulfonamides is 1. The lowest BCUT2D eigenvalue weighted by Crippen LogP contribution is -2.46. The zero-order valence-corrected chi connectivity index (χ0v) is 19.1. The molecule has 6 nitrogen and oxygen atoms in total. The summed E-state index contributed by atoms with van der Waals surface area (Å²) in [6.45, 7) is 11.8. The molecule has 30 heavy (non-hydrogen) atoms. The highest BCUT2D eigenvalue weighted by molar-refractivity contribution is 7.89. The van der Waals surface area contributed by atoms with Crippen LogP contribution in [-0.4, -0.2) is 23.9 Å². The van der Waals surface area contributed by atoms with E-state index in [1.54, 1.807) is 24.3 Å². The van der Waals surface area contributed by atoms with Gasteiger partial charge in [-0.3, -0.25) is 0 Å². The topological polar surface area (TPSA) is 85.5 Å². The van der Waals surface area contributed by atoms with E-state index in [0.29, 0.717) is 11.4 Å². The fourth-order valence-electron chi connectivity index (χ4n) is 3.61. The second kappa shape index (κ2) is 7.80. The molecule has 7 heteroatoms. The third kappa shape index (κ3) is 4.21. The molecule has 2 aromatic rings. The van der Waals surface area contributed by atoms with Crippen molar-refractivity contribution in [2.45, 2.75) is 52.8 Å². The van der Waals surface area contributed by atoms with Crippen LogP contribution >= 0.6 is 0 Å². The van der Waals surface area contributed by atoms with Crippen LogP contribution in [0.15, 0.2) is 59.3 Å². The molecule has 0 amide bonds. The Kier molecular flexibility index (Phi) is 5.69. The fourth-order valence-corrected chi connectivity index (χ4v) is 5.27. The second-order valence-electron chi connectivity index (χ2n) is 8.62. The number of aryl methyl sites for hydroxylation is 3. The molecule has 2 heterocycles. The molecule has 1 aliphatic rings. The van der Waals surface area contributed by atoms with Crippen LogP contribution in [0.3, 0.4) is 0 Å². The van der Waals surface area contributed by atoms with E-state index in [-0.39, 0.29) is 10.8 Å². The van der Waals surface area contributed by atoms with Gasteiger partial charge in [0.2, 0.25) is 6.23 Å². The molecule has 1 unspecified atom stereocenters. The van der Waals surface area contributed by atoms with E-state index < -0.39 is 21.7 Å². The van der Waals surface area contributed by atoms with Gasteiger partial charge in [-0.1, -0.05) is 50.6 Å². The van der Waals surface area contributed by atoms with Gasteiger partial charge in [0, 0.05) is 11.1 Å². The van der Waals surface area contributed by atoms with Crippen LogP contribution in [-0.2, 0) is 10.0 Å². The number of nitrogens with two attached hydrogens (primary N) is 1. The molecule has 160 valence electrons. The van der Waals surface area contributed by atoms with Crippen LogP contribution in [0.4, 0.5) is 5.82 Å². The monoisotopic (exact) mass is 427 g/mol. The van der Waals surface area contributed by atoms with E-state index in [1.165, 1.54) is 10.4 Å². The summed E-state index contributed by atoms with van der Waals surface area (Å²) in [7, 11) is -4.02. The SMILES string of the molecule is Cc1cc(C)c(OC2C=CC=C(C(C)(C)C)N2S(=O)(=O)c2cccc(N)n2)c(C)c1. The van der Waals surface area contributed by atoms with E-state index in [2.05, 4.69) is 4.98 Å². The Hall–Kier alpha value is -2.80. The summed E-state index contributed by atoms with van der Waals surface area (Å²) in [5.41, 5.74) is 8.96. The fraction of sp³-hybridized carbons (Fsp3) is 0.348. The molecular weight excluding hydrogens is 398 g/mol. The molecule has 3 rings (SSSR count). The first kappa shape index (κ1) is 21.9. The van der Waals surface area contributed by atoms with Crippen LogP contribution in [0.25, 0.3) is 0 Å². The number of hydrogen-bond donors (Lipinski definition) is 1. The van der Waals surface area contributed by atoms with Crippen molar-refractivity contribution >= 4 is 15.8 Å². The summed E-state index contributed by atoms with van der Waals surface area (Å²) < 4.78 is 35.0. The molecule has 0 saturated carbocycles. The normalized spacial score (nSPS) is 17.1. The lowest BCUT2D eigenvalue weighted by atomic mass is 9.90. The highest BCUT2D eigenvalue weighted by Gasteiger charge is 2.40. The van der Waals surface area contributed by atoms with Crippen molar-refractivity contribution in [3.05, 3.63) is 70.9 Å². The van der Waals surface area contributed by atoms with Crippen LogP contribution < -0.4 is 10.5 Å². The van der Waals surface area contributed by atoms with Crippen molar-refractivity contribution in [3.63, 3.8) is 0 Å². The van der Waals surface area contributed by atoms with Gasteiger partial charge in [-0.25, -0.2) is 9.29 Å². The van der Waals surface area contributed by atoms with Crippen LogP contribution in [0, 0.1) is 26.2 Å². The minimum Gasteiger partial charge on any atom is -0.465 e. The van der Waals surface area contributed by atoms with E-state index in [1.807, 2.05) is 59.8 Å². The maximum Gasteiger partial charge on any atom is 0.284 e. The number of hydrogen-bond acceptors (Lipinski definition) is 5. The van der Waals surface area contributed by atoms with Crippen molar-refractivity contribution in [2.24, 2.45) is 5.41 Å². The molecule has 1 aromatic carbocycles. The zero-order chi connectivity index (χ0) is 22.3. The maximum absolute atomic E-state index is 13.7. The number of pyridine rings is 1. The predicted octanol–water partition coefficient (Wildman–Crippen LogP) is 4.48. The first-order valence-corrected chi connectivity index (χ1v) is 11.3. The molecule has 0 fully saturated rings. The largest absolute Gasteiger partial charge is 0.465 e. The molecule has 0 spiro atoms. The van der Waals surface area contributed by atoms with Gasteiger partial charge in [0.1, 0.15) is 11.6 Å². The van der Waals surface area contributed by atoms with E-state index in [9.17, 15) is 8.42 Å². The summed E-state index contributed by atoms with van der Waals surface area (Å²) in [4.78, 5) is 4.07. The highest BCUT2D eigenvalue weighted by atomic mass is 32.2. The van der Waals surface area contributed by atoms with Crippen LogP contribution in [0.2, 0.25) is 0 Å². The van der Waals surface area contributed by atoms with Crippen molar-refractivity contribution < 1.29 is 13.2 Å². The standard InChI is InChI=1S/C23H29N3O3S/c1-15-13-16(2)22(17(3)14-15)29-21-12-7-9-18(23(4,5)6)26(21)30(27,28)20-11-8-10-19(24)25-20/h7-14,21H,1-6H3,(H2,24,25). The zero-order valence-electron chi connectivity index (χ0n) is 18.3. The minimum absolute atomic E-state index is 0.112. The second-order valence-corrected chi connectivity index (χ2v) is 10.4. The van der Waals surface area contributed by atoms with Gasteiger partial charge in [0.05, 0.1) is 0 Å². The number of nitrogens with zero attached hydrogens (tertiary/aromatic N) is 2. The number of rotatable bonds is 4. The lowest BCUT2D eigenvalue weighted by molar-refractivity contribution is 0.131. The Balaban J connectivity index is 2.13. The van der Waals surface area contributed by atoms with Crippen molar-refractivity contribution in [2.75, 3.05) is 5.73 Å². The molecule has 1 aromatic heterocycles. The Morgan fingerprint density at radius 3 is 2.30 bits per heavy atom. The van der Waals surface area contributed by atoms with Gasteiger partial charge < -0.3 is 10.5 Å². The Bertz CT molecular complexity index is 1110. The number of aromatic nitrogens is 1. The van der Waals surface area contributed by atoms with Crippen molar-refractivity contribution in [1.29, 1.82) is 0 Å². The van der Waals surface area contributed by atoms with Gasteiger partial charge in [-0.05, 0) is 56.2 Å². The number of benzene rings is 1. The maximum atomic E-state index is 13.7. The Morgan fingerprint density at radius 2 is 1.73 bits per heavy atom. The van der Waals surface area contributed by atoms with Gasteiger partial charge in [-0.2, -0.15) is 8.42 Å². The molecule has 0 saturated heterocycles. The number of allylic oxidation sites excluding steroid dienone is 3. The lowest BCUT2D eigenvalue weighted by Gasteiger charge is -2.39. The van der Waals surface area contributed by atoms with Gasteiger partial charge in [0.15, 0.2) is 5.03 Å². The third-order valence-corrected chi connectivity index (χ3v) is 6.56. The first-order valence-electron chi connectivity index (χ1n) is 9.81. The molecule has 1 atom stereocenters. The smallest absolute Gasteiger partial charge is 0.284 e. The highest BCUT2D eigenvalue weighted by Crippen LogP contribution is 2.38. The summed E-state index contributed by atoms with van der Waals surface area (Å²) in [6.07, 6.45) is 4.52. The minimum atomic E-state index is -4.02. The van der Waals surface area contributed by atoms with Gasteiger partial charge >= 0.3 is 0 Å². The van der Waals surface area contributed by atoms with Gasteiger partial charge in [0.25, 0.3) is 10.0 Å². The summed E-state index contributed by atoms with van der Waals surface area (Å²) in [5, 5.41) is -0.112. The molecular formula is C23H29N3O3S.